The van der Waals surface area contributed by atoms with Crippen molar-refractivity contribution in [3.63, 3.8) is 0 Å². The standard InChI is InChI=1S/C11H11FN2O2S/c12-10-7(4-13)2-1-3-8(10)5-17-6-9(14)11(15)16/h1-3,9H,5-6,14H2,(H,15,16)/t9-/m1/s1. The molecule has 0 aliphatic rings. The van der Waals surface area contributed by atoms with Gasteiger partial charge in [0.1, 0.15) is 17.9 Å². The van der Waals surface area contributed by atoms with E-state index in [1.165, 1.54) is 17.8 Å². The van der Waals surface area contributed by atoms with Gasteiger partial charge < -0.3 is 10.8 Å². The van der Waals surface area contributed by atoms with E-state index in [1.807, 2.05) is 0 Å². The molecule has 1 aromatic carbocycles. The second kappa shape index (κ2) is 6.23. The molecule has 17 heavy (non-hydrogen) atoms. The van der Waals surface area contributed by atoms with Crippen molar-refractivity contribution in [2.45, 2.75) is 11.8 Å². The molecule has 0 heterocycles. The molecule has 0 fully saturated rings. The predicted octanol–water partition coefficient (Wildman–Crippen LogP) is 1.34. The van der Waals surface area contributed by atoms with Gasteiger partial charge in [0.2, 0.25) is 0 Å². The molecule has 1 aromatic rings. The third-order valence-corrected chi connectivity index (χ3v) is 3.18. The van der Waals surface area contributed by atoms with Crippen molar-refractivity contribution in [1.82, 2.24) is 0 Å². The van der Waals surface area contributed by atoms with Crippen LogP contribution in [0.5, 0.6) is 0 Å². The molecule has 1 rings (SSSR count). The highest BCUT2D eigenvalue weighted by Crippen LogP contribution is 2.18. The maximum atomic E-state index is 13.6. The fourth-order valence-corrected chi connectivity index (χ4v) is 2.10. The Hall–Kier alpha value is -1.58. The minimum atomic E-state index is -1.08. The lowest BCUT2D eigenvalue weighted by molar-refractivity contribution is -0.137. The van der Waals surface area contributed by atoms with E-state index in [9.17, 15) is 9.18 Å². The van der Waals surface area contributed by atoms with E-state index in [-0.39, 0.29) is 11.3 Å². The lowest BCUT2D eigenvalue weighted by atomic mass is 10.1. The number of halogens is 1. The Morgan fingerprint density at radius 1 is 1.65 bits per heavy atom. The molecule has 6 heteroatoms. The number of carboxylic acid groups (broad SMARTS) is 1. The van der Waals surface area contributed by atoms with Gasteiger partial charge in [0.25, 0.3) is 0 Å². The normalized spacial score (nSPS) is 11.8. The van der Waals surface area contributed by atoms with Gasteiger partial charge in [0.15, 0.2) is 0 Å². The van der Waals surface area contributed by atoms with Crippen LogP contribution in [0.3, 0.4) is 0 Å². The number of hydrogen-bond acceptors (Lipinski definition) is 4. The minimum absolute atomic E-state index is 0.00867. The van der Waals surface area contributed by atoms with Crippen molar-refractivity contribution in [2.75, 3.05) is 5.75 Å². The second-order valence-electron chi connectivity index (χ2n) is 3.35. The molecule has 1 atom stereocenters. The Bertz CT molecular complexity index is 459. The predicted molar refractivity (Wildman–Crippen MR) is 62.9 cm³/mol. The van der Waals surface area contributed by atoms with E-state index in [1.54, 1.807) is 18.2 Å². The van der Waals surface area contributed by atoms with Crippen LogP contribution in [0.4, 0.5) is 4.39 Å². The average Bonchev–Trinajstić information content (AvgIpc) is 2.31. The Labute approximate surface area is 102 Å². The van der Waals surface area contributed by atoms with Gasteiger partial charge >= 0.3 is 5.97 Å². The Morgan fingerprint density at radius 2 is 2.35 bits per heavy atom. The molecule has 0 bridgehead atoms. The van der Waals surface area contributed by atoms with Gasteiger partial charge in [0, 0.05) is 11.5 Å². The molecule has 0 aliphatic carbocycles. The van der Waals surface area contributed by atoms with E-state index in [0.29, 0.717) is 11.3 Å². The summed E-state index contributed by atoms with van der Waals surface area (Å²) in [5.74, 6) is -1.14. The van der Waals surface area contributed by atoms with E-state index >= 15 is 0 Å². The van der Waals surface area contributed by atoms with Crippen LogP contribution in [0.25, 0.3) is 0 Å². The quantitative estimate of drug-likeness (QED) is 0.828. The van der Waals surface area contributed by atoms with Crippen LogP contribution >= 0.6 is 11.8 Å². The van der Waals surface area contributed by atoms with Crippen LogP contribution in [0.2, 0.25) is 0 Å². The van der Waals surface area contributed by atoms with Crippen LogP contribution in [-0.4, -0.2) is 22.9 Å². The van der Waals surface area contributed by atoms with Crippen LogP contribution in [0, 0.1) is 17.1 Å². The topological polar surface area (TPSA) is 87.1 Å². The Balaban J connectivity index is 2.59. The number of hydrogen-bond donors (Lipinski definition) is 2. The third-order valence-electron chi connectivity index (χ3n) is 2.07. The number of benzene rings is 1. The second-order valence-corrected chi connectivity index (χ2v) is 4.38. The lowest BCUT2D eigenvalue weighted by Crippen LogP contribution is -2.32. The number of nitriles is 1. The maximum absolute atomic E-state index is 13.6. The first-order chi connectivity index (χ1) is 8.06. The monoisotopic (exact) mass is 254 g/mol. The summed E-state index contributed by atoms with van der Waals surface area (Å²) in [6.07, 6.45) is 0. The summed E-state index contributed by atoms with van der Waals surface area (Å²) in [7, 11) is 0. The van der Waals surface area contributed by atoms with E-state index < -0.39 is 17.8 Å². The fourth-order valence-electron chi connectivity index (χ4n) is 1.14. The Morgan fingerprint density at radius 3 is 2.94 bits per heavy atom. The van der Waals surface area contributed by atoms with E-state index in [4.69, 9.17) is 16.1 Å². The molecule has 0 saturated heterocycles. The van der Waals surface area contributed by atoms with Gasteiger partial charge in [-0.05, 0) is 11.6 Å². The summed E-state index contributed by atoms with van der Waals surface area (Å²) in [6, 6.07) is 5.35. The zero-order valence-corrected chi connectivity index (χ0v) is 9.71. The zero-order chi connectivity index (χ0) is 12.8. The van der Waals surface area contributed by atoms with Crippen molar-refractivity contribution < 1.29 is 14.3 Å². The molecule has 0 saturated carbocycles. The molecule has 90 valence electrons. The van der Waals surface area contributed by atoms with Crippen molar-refractivity contribution in [2.24, 2.45) is 5.73 Å². The highest BCUT2D eigenvalue weighted by molar-refractivity contribution is 7.98. The molecule has 0 aromatic heterocycles. The van der Waals surface area contributed by atoms with Crippen molar-refractivity contribution in [3.8, 4) is 6.07 Å². The summed E-state index contributed by atoms with van der Waals surface area (Å²) in [5.41, 5.74) is 5.68. The van der Waals surface area contributed by atoms with Crippen LogP contribution in [-0.2, 0) is 10.5 Å². The number of thioether (sulfide) groups is 1. The van der Waals surface area contributed by atoms with Gasteiger partial charge in [-0.25, -0.2) is 4.39 Å². The first-order valence-electron chi connectivity index (χ1n) is 4.80. The molecule has 0 radical (unpaired) electrons. The maximum Gasteiger partial charge on any atom is 0.321 e. The summed E-state index contributed by atoms with van der Waals surface area (Å²) in [5, 5.41) is 17.2. The smallest absolute Gasteiger partial charge is 0.321 e. The van der Waals surface area contributed by atoms with Gasteiger partial charge in [-0.3, -0.25) is 4.79 Å². The van der Waals surface area contributed by atoms with Gasteiger partial charge in [0.05, 0.1) is 5.56 Å². The van der Waals surface area contributed by atoms with Gasteiger partial charge in [-0.2, -0.15) is 17.0 Å². The molecule has 0 aliphatic heterocycles. The van der Waals surface area contributed by atoms with Crippen molar-refractivity contribution >= 4 is 17.7 Å². The van der Waals surface area contributed by atoms with Crippen LogP contribution in [0.15, 0.2) is 18.2 Å². The number of rotatable bonds is 5. The number of nitrogens with two attached hydrogens (primary N) is 1. The zero-order valence-electron chi connectivity index (χ0n) is 8.89. The summed E-state index contributed by atoms with van der Waals surface area (Å²) >= 11 is 1.22. The first kappa shape index (κ1) is 13.5. The number of aliphatic carboxylic acids is 1. The summed E-state index contributed by atoms with van der Waals surface area (Å²) in [4.78, 5) is 10.5. The third kappa shape index (κ3) is 3.73. The molecule has 4 nitrogen and oxygen atoms in total. The number of carboxylic acids is 1. The molecule has 0 spiro atoms. The van der Waals surface area contributed by atoms with Crippen LogP contribution < -0.4 is 5.73 Å². The van der Waals surface area contributed by atoms with E-state index in [0.717, 1.165) is 0 Å². The molecular formula is C11H11FN2O2S. The average molecular weight is 254 g/mol. The van der Waals surface area contributed by atoms with Crippen molar-refractivity contribution in [3.05, 3.63) is 35.1 Å². The fraction of sp³-hybridized carbons (Fsp3) is 0.273. The first-order valence-corrected chi connectivity index (χ1v) is 5.95. The Kier molecular flexibility index (Phi) is 4.94. The SMILES string of the molecule is N#Cc1cccc(CSC[C@@H](N)C(=O)O)c1F. The van der Waals surface area contributed by atoms with Gasteiger partial charge in [-0.15, -0.1) is 0 Å². The molecular weight excluding hydrogens is 243 g/mol. The van der Waals surface area contributed by atoms with Crippen molar-refractivity contribution in [1.29, 1.82) is 5.26 Å². The molecule has 0 unspecified atom stereocenters. The molecule has 0 amide bonds. The number of nitrogens with zero attached hydrogens (tertiary/aromatic N) is 1. The minimum Gasteiger partial charge on any atom is -0.480 e. The largest absolute Gasteiger partial charge is 0.480 e. The molecule has 3 N–H and O–H groups in total. The summed E-state index contributed by atoms with van der Waals surface area (Å²) in [6.45, 7) is 0. The summed E-state index contributed by atoms with van der Waals surface area (Å²) < 4.78 is 13.6. The van der Waals surface area contributed by atoms with E-state index in [2.05, 4.69) is 0 Å². The van der Waals surface area contributed by atoms with Crippen LogP contribution in [0.1, 0.15) is 11.1 Å². The lowest BCUT2D eigenvalue weighted by Gasteiger charge is -2.07. The highest BCUT2D eigenvalue weighted by atomic mass is 32.2. The number of carbonyl (C=O) groups is 1. The highest BCUT2D eigenvalue weighted by Gasteiger charge is 2.12. The van der Waals surface area contributed by atoms with Gasteiger partial charge in [-0.1, -0.05) is 12.1 Å².